The smallest absolute Gasteiger partial charge is 0.349 e. The first-order valence-corrected chi connectivity index (χ1v) is 12.2. The minimum Gasteiger partial charge on any atom is -0.493 e. The van der Waals surface area contributed by atoms with Crippen LogP contribution in [0.3, 0.4) is 0 Å². The number of carbonyl (C=O) groups excluding carboxylic acids is 1. The fraction of sp³-hybridized carbons (Fsp3) is 0.267. The van der Waals surface area contributed by atoms with Gasteiger partial charge in [0.25, 0.3) is 0 Å². The van der Waals surface area contributed by atoms with Gasteiger partial charge < -0.3 is 29.4 Å². The third kappa shape index (κ3) is 5.84. The van der Waals surface area contributed by atoms with Gasteiger partial charge in [-0.15, -0.1) is 0 Å². The summed E-state index contributed by atoms with van der Waals surface area (Å²) in [4.78, 5) is 12.4. The van der Waals surface area contributed by atoms with Gasteiger partial charge in [0, 0.05) is 11.6 Å². The lowest BCUT2D eigenvalue weighted by atomic mass is 9.83. The first-order chi connectivity index (χ1) is 18.3. The third-order valence-corrected chi connectivity index (χ3v) is 5.95. The summed E-state index contributed by atoms with van der Waals surface area (Å²) in [6.45, 7) is 6.32. The fourth-order valence-electron chi connectivity index (χ4n) is 4.10. The van der Waals surface area contributed by atoms with Crippen LogP contribution in [0, 0.1) is 24.2 Å². The van der Waals surface area contributed by atoms with Gasteiger partial charge >= 0.3 is 5.97 Å². The maximum absolute atomic E-state index is 12.4. The molecule has 2 N–H and O–H groups in total. The molecule has 3 aromatic rings. The highest BCUT2D eigenvalue weighted by atomic mass is 16.6. The van der Waals surface area contributed by atoms with Crippen molar-refractivity contribution in [3.05, 3.63) is 88.8 Å². The van der Waals surface area contributed by atoms with Crippen LogP contribution >= 0.6 is 0 Å². The lowest BCUT2D eigenvalue weighted by Gasteiger charge is -2.27. The largest absolute Gasteiger partial charge is 0.493 e. The molecule has 8 nitrogen and oxygen atoms in total. The second-order valence-corrected chi connectivity index (χ2v) is 9.27. The van der Waals surface area contributed by atoms with Gasteiger partial charge in [-0.05, 0) is 48.2 Å². The maximum Gasteiger partial charge on any atom is 0.349 e. The van der Waals surface area contributed by atoms with Crippen LogP contribution in [0.2, 0.25) is 0 Å². The summed E-state index contributed by atoms with van der Waals surface area (Å²) in [5.41, 5.74) is 8.81. The molecular formula is C30H30N2O6. The number of methoxy groups -OCH3 is 1. The molecule has 0 spiro atoms. The predicted molar refractivity (Wildman–Crippen MR) is 141 cm³/mol. The minimum atomic E-state index is -0.566. The number of nitrogens with two attached hydrogens (primary N) is 1. The van der Waals surface area contributed by atoms with E-state index >= 15 is 0 Å². The van der Waals surface area contributed by atoms with Crippen LogP contribution in [0.4, 0.5) is 0 Å². The maximum atomic E-state index is 12.4. The van der Waals surface area contributed by atoms with Crippen molar-refractivity contribution in [2.75, 3.05) is 20.3 Å². The average molecular weight is 515 g/mol. The van der Waals surface area contributed by atoms with Gasteiger partial charge in [0.05, 0.1) is 19.6 Å². The van der Waals surface area contributed by atoms with Crippen LogP contribution in [0.15, 0.2) is 72.1 Å². The Balaban J connectivity index is 1.58. The Hall–Kier alpha value is -4.64. The number of esters is 1. The molecule has 1 heterocycles. The van der Waals surface area contributed by atoms with Crippen LogP contribution in [-0.2, 0) is 4.79 Å². The van der Waals surface area contributed by atoms with E-state index in [-0.39, 0.29) is 23.8 Å². The molecule has 38 heavy (non-hydrogen) atoms. The molecule has 1 aliphatic rings. The van der Waals surface area contributed by atoms with E-state index in [2.05, 4.69) is 19.9 Å². The summed E-state index contributed by atoms with van der Waals surface area (Å²) in [5, 5.41) is 9.88. The summed E-state index contributed by atoms with van der Waals surface area (Å²) in [6.07, 6.45) is 0. The van der Waals surface area contributed by atoms with Gasteiger partial charge in [0.15, 0.2) is 18.1 Å². The summed E-state index contributed by atoms with van der Waals surface area (Å²) in [5.74, 6) is 1.69. The number of allylic oxidation sites excluding steroid dienone is 1. The standard InChI is InChI=1S/C30H30N2O6/c1-18(2)16-35-25-12-9-20(13-27(25)34-4)29-22-11-10-21(14-26(22)38-30(32)23(29)15-31)37-28(33)17-36-24-8-6-5-7-19(24)3/h5-14,18,29H,16-17,32H2,1-4H3. The van der Waals surface area contributed by atoms with Crippen LogP contribution in [-0.4, -0.2) is 26.3 Å². The van der Waals surface area contributed by atoms with E-state index in [9.17, 15) is 10.1 Å². The number of nitriles is 1. The highest BCUT2D eigenvalue weighted by Crippen LogP contribution is 2.45. The molecule has 0 aromatic heterocycles. The van der Waals surface area contributed by atoms with Crippen molar-refractivity contribution in [2.45, 2.75) is 26.7 Å². The normalized spacial score (nSPS) is 14.3. The van der Waals surface area contributed by atoms with Gasteiger partial charge in [-0.1, -0.05) is 44.2 Å². The zero-order chi connectivity index (χ0) is 27.2. The van der Waals surface area contributed by atoms with E-state index in [0.29, 0.717) is 41.1 Å². The lowest BCUT2D eigenvalue weighted by Crippen LogP contribution is -2.22. The van der Waals surface area contributed by atoms with Gasteiger partial charge in [0.2, 0.25) is 5.88 Å². The highest BCUT2D eigenvalue weighted by Gasteiger charge is 2.32. The fourth-order valence-corrected chi connectivity index (χ4v) is 4.10. The van der Waals surface area contributed by atoms with Crippen molar-refractivity contribution in [3.63, 3.8) is 0 Å². The molecular weight excluding hydrogens is 484 g/mol. The Labute approximate surface area is 222 Å². The number of hydrogen-bond donors (Lipinski definition) is 1. The second-order valence-electron chi connectivity index (χ2n) is 9.27. The molecule has 0 aliphatic carbocycles. The number of aryl methyl sites for hydroxylation is 1. The van der Waals surface area contributed by atoms with E-state index in [4.69, 9.17) is 29.4 Å². The van der Waals surface area contributed by atoms with Gasteiger partial charge in [0.1, 0.15) is 28.9 Å². The van der Waals surface area contributed by atoms with E-state index in [0.717, 1.165) is 11.1 Å². The molecule has 0 amide bonds. The molecule has 0 radical (unpaired) electrons. The molecule has 1 atom stereocenters. The summed E-state index contributed by atoms with van der Waals surface area (Å²) < 4.78 is 28.2. The Morgan fingerprint density at radius 1 is 1.05 bits per heavy atom. The predicted octanol–water partition coefficient (Wildman–Crippen LogP) is 5.24. The average Bonchev–Trinajstić information content (AvgIpc) is 2.90. The molecule has 1 aliphatic heterocycles. The van der Waals surface area contributed by atoms with E-state index in [1.807, 2.05) is 43.3 Å². The van der Waals surface area contributed by atoms with Crippen molar-refractivity contribution in [3.8, 4) is 34.8 Å². The molecule has 0 fully saturated rings. The Kier molecular flexibility index (Phi) is 8.07. The molecule has 196 valence electrons. The molecule has 3 aromatic carbocycles. The highest BCUT2D eigenvalue weighted by molar-refractivity contribution is 5.74. The van der Waals surface area contributed by atoms with Crippen LogP contribution in [0.25, 0.3) is 0 Å². The van der Waals surface area contributed by atoms with Crippen molar-refractivity contribution < 1.29 is 28.5 Å². The summed E-state index contributed by atoms with van der Waals surface area (Å²) >= 11 is 0. The SMILES string of the molecule is COc1cc(C2C(C#N)=C(N)Oc3cc(OC(=O)COc4ccccc4C)ccc32)ccc1OCC(C)C. The summed E-state index contributed by atoms with van der Waals surface area (Å²) in [7, 11) is 1.57. The molecule has 4 rings (SSSR count). The molecule has 0 bridgehead atoms. The number of fused-ring (bicyclic) bond motifs is 1. The van der Waals surface area contributed by atoms with Crippen molar-refractivity contribution >= 4 is 5.97 Å². The number of nitrogens with zero attached hydrogens (tertiary/aromatic N) is 1. The van der Waals surface area contributed by atoms with Crippen molar-refractivity contribution in [2.24, 2.45) is 11.7 Å². The molecule has 0 saturated heterocycles. The van der Waals surface area contributed by atoms with Gasteiger partial charge in [-0.2, -0.15) is 5.26 Å². The van der Waals surface area contributed by atoms with Gasteiger partial charge in [-0.25, -0.2) is 4.79 Å². The van der Waals surface area contributed by atoms with E-state index in [1.165, 1.54) is 0 Å². The van der Waals surface area contributed by atoms with Crippen LogP contribution in [0.1, 0.15) is 36.5 Å². The first-order valence-electron chi connectivity index (χ1n) is 12.2. The van der Waals surface area contributed by atoms with Crippen LogP contribution < -0.4 is 29.4 Å². The van der Waals surface area contributed by atoms with Crippen molar-refractivity contribution in [1.29, 1.82) is 5.26 Å². The van der Waals surface area contributed by atoms with E-state index < -0.39 is 11.9 Å². The molecule has 0 saturated carbocycles. The minimum absolute atomic E-state index is 0.0181. The van der Waals surface area contributed by atoms with Crippen LogP contribution in [0.5, 0.6) is 28.7 Å². The third-order valence-electron chi connectivity index (χ3n) is 5.95. The number of rotatable bonds is 9. The van der Waals surface area contributed by atoms with E-state index in [1.54, 1.807) is 31.4 Å². The Morgan fingerprint density at radius 2 is 1.84 bits per heavy atom. The zero-order valence-corrected chi connectivity index (χ0v) is 21.8. The second kappa shape index (κ2) is 11.6. The topological polar surface area (TPSA) is 113 Å². The van der Waals surface area contributed by atoms with Crippen molar-refractivity contribution in [1.82, 2.24) is 0 Å². The zero-order valence-electron chi connectivity index (χ0n) is 21.8. The molecule has 1 unspecified atom stereocenters. The Morgan fingerprint density at radius 3 is 2.55 bits per heavy atom. The monoisotopic (exact) mass is 514 g/mol. The number of hydrogen-bond acceptors (Lipinski definition) is 8. The van der Waals surface area contributed by atoms with Gasteiger partial charge in [-0.3, -0.25) is 0 Å². The number of ether oxygens (including phenoxy) is 5. The first kappa shape index (κ1) is 26.4. The number of benzene rings is 3. The number of carbonyl (C=O) groups is 1. The molecule has 8 heteroatoms. The summed E-state index contributed by atoms with van der Waals surface area (Å²) in [6, 6.07) is 20.1. The number of para-hydroxylation sites is 1. The lowest BCUT2D eigenvalue weighted by molar-refractivity contribution is -0.136. The quantitative estimate of drug-likeness (QED) is 0.305. The Bertz CT molecular complexity index is 1410.